The number of imidazole rings is 1. The summed E-state index contributed by atoms with van der Waals surface area (Å²) >= 11 is 0. The molecule has 5 heteroatoms. The fraction of sp³-hybridized carbons (Fsp3) is 0.194. The van der Waals surface area contributed by atoms with E-state index in [-0.39, 0.29) is 56.4 Å². The molecule has 0 spiro atoms. The molecule has 0 amide bonds. The summed E-state index contributed by atoms with van der Waals surface area (Å²) in [6.07, 6.45) is 5.01. The Balaban J connectivity index is 1.09. The van der Waals surface area contributed by atoms with E-state index in [0.29, 0.717) is 39.3 Å². The van der Waals surface area contributed by atoms with Crippen LogP contribution in [0.2, 0.25) is 0 Å². The molecule has 8 aromatic carbocycles. The molecule has 0 atom stereocenters. The Morgan fingerprint density at radius 3 is 1.93 bits per heavy atom. The second-order valence-electron chi connectivity index (χ2n) is 21.4. The molecule has 72 heavy (non-hydrogen) atoms. The van der Waals surface area contributed by atoms with Crippen molar-refractivity contribution in [2.75, 3.05) is 0 Å². The van der Waals surface area contributed by atoms with Gasteiger partial charge in [-0.2, -0.15) is 0 Å². The van der Waals surface area contributed by atoms with E-state index < -0.39 is 55.2 Å². The molecule has 0 aliphatic heterocycles. The Morgan fingerprint density at radius 1 is 0.542 bits per heavy atom. The van der Waals surface area contributed by atoms with Gasteiger partial charge in [0.25, 0.3) is 6.33 Å². The van der Waals surface area contributed by atoms with Crippen LogP contribution in [0.5, 0.6) is 11.5 Å². The van der Waals surface area contributed by atoms with Gasteiger partial charge in [0.15, 0.2) is 0 Å². The minimum atomic E-state index is -2.79. The third-order valence-electron chi connectivity index (χ3n) is 13.3. The highest BCUT2D eigenvalue weighted by Crippen LogP contribution is 2.41. The molecular formula is C67H62N4O. The van der Waals surface area contributed by atoms with Crippen molar-refractivity contribution in [3.8, 4) is 62.1 Å². The predicted octanol–water partition coefficient (Wildman–Crippen LogP) is 17.2. The molecule has 11 rings (SSSR count). The molecule has 3 heterocycles. The summed E-state index contributed by atoms with van der Waals surface area (Å²) < 4.78 is 124. The van der Waals surface area contributed by atoms with Crippen LogP contribution in [0.1, 0.15) is 102 Å². The number of rotatable bonds is 8. The Labute approximate surface area is 442 Å². The highest BCUT2D eigenvalue weighted by atomic mass is 16.5. The lowest BCUT2D eigenvalue weighted by Crippen LogP contribution is -2.34. The van der Waals surface area contributed by atoms with E-state index in [9.17, 15) is 0 Å². The number of fused-ring (bicyclic) bond motifs is 4. The lowest BCUT2D eigenvalue weighted by molar-refractivity contribution is -0.572. The Hall–Kier alpha value is -8.02. The van der Waals surface area contributed by atoms with Crippen molar-refractivity contribution >= 4 is 32.8 Å². The largest absolute Gasteiger partial charge is 0.458 e. The quantitative estimate of drug-likeness (QED) is 0.112. The number of pyridine rings is 1. The third-order valence-corrected chi connectivity index (χ3v) is 13.3. The summed E-state index contributed by atoms with van der Waals surface area (Å²) in [7, 11) is 0. The van der Waals surface area contributed by atoms with Gasteiger partial charge in [0.1, 0.15) is 17.3 Å². The van der Waals surface area contributed by atoms with Crippen LogP contribution in [0.25, 0.3) is 83.4 Å². The maximum Gasteiger partial charge on any atom is 0.269 e. The molecule has 0 aliphatic rings. The predicted molar refractivity (Wildman–Crippen MR) is 299 cm³/mol. The van der Waals surface area contributed by atoms with Crippen LogP contribution in [0, 0.1) is 13.2 Å². The van der Waals surface area contributed by atoms with Crippen LogP contribution >= 0.6 is 0 Å². The van der Waals surface area contributed by atoms with E-state index in [4.69, 9.17) is 27.5 Å². The standard InChI is InChI=1S/C67H62N4O/c1-44-35-63(68-42-57(44)46-23-15-12-16-24-46)71-59-30-18-17-27-55(59)56-33-32-53(41-61(56)71)72-52-26-19-25-51(40-52)69-43-70(60-34-31-47(38-62(60)69)45-21-13-11-14-22-45)64-54(28-20-29-58(64)67(8,9)10)48-36-49(65(2,3)4)39-50(37-48)66(5,6)7/h11-42H,1-10H3/i1D3,11D,12D,13D,14D,15D,16D,21D,22D,23D,24D. The molecule has 0 saturated carbocycles. The Kier molecular flexibility index (Phi) is 8.24. The van der Waals surface area contributed by atoms with E-state index in [1.807, 2.05) is 88.0 Å². The van der Waals surface area contributed by atoms with Gasteiger partial charge in [-0.3, -0.25) is 13.7 Å². The molecule has 0 aliphatic carbocycles. The molecule has 5 nitrogen and oxygen atoms in total. The molecule has 0 radical (unpaired) electrons. The van der Waals surface area contributed by atoms with Crippen LogP contribution in [0.4, 0.5) is 0 Å². The van der Waals surface area contributed by atoms with Gasteiger partial charge in [-0.05, 0) is 122 Å². The van der Waals surface area contributed by atoms with E-state index >= 15 is 0 Å². The van der Waals surface area contributed by atoms with Crippen LogP contribution in [0.3, 0.4) is 0 Å². The molecule has 0 fully saturated rings. The van der Waals surface area contributed by atoms with Crippen molar-refractivity contribution in [1.29, 1.82) is 0 Å². The highest BCUT2D eigenvalue weighted by molar-refractivity contribution is 6.09. The summed E-state index contributed by atoms with van der Waals surface area (Å²) in [5.41, 5.74) is 8.88. The number of aryl methyl sites for hydroxylation is 1. The average Bonchev–Trinajstić information content (AvgIpc) is 1.85. The van der Waals surface area contributed by atoms with Gasteiger partial charge in [0.05, 0.1) is 47.1 Å². The number of benzene rings is 8. The van der Waals surface area contributed by atoms with Crippen molar-refractivity contribution in [3.05, 3.63) is 223 Å². The zero-order valence-corrected chi connectivity index (χ0v) is 41.9. The molecule has 3 aromatic heterocycles. The van der Waals surface area contributed by atoms with Gasteiger partial charge in [-0.1, -0.05) is 196 Å². The van der Waals surface area contributed by atoms with Crippen molar-refractivity contribution < 1.29 is 27.1 Å². The molecule has 0 N–H and O–H groups in total. The van der Waals surface area contributed by atoms with Gasteiger partial charge in [0, 0.05) is 32.7 Å². The smallest absolute Gasteiger partial charge is 0.269 e. The zero-order valence-electron chi connectivity index (χ0n) is 54.9. The van der Waals surface area contributed by atoms with Crippen molar-refractivity contribution in [2.45, 2.75) is 85.4 Å². The molecule has 0 unspecified atom stereocenters. The van der Waals surface area contributed by atoms with E-state index in [2.05, 4.69) is 110 Å². The van der Waals surface area contributed by atoms with E-state index in [0.717, 1.165) is 38.7 Å². The molecule has 0 bridgehead atoms. The van der Waals surface area contributed by atoms with Crippen LogP contribution in [-0.2, 0) is 16.2 Å². The fourth-order valence-electron chi connectivity index (χ4n) is 9.52. The second-order valence-corrected chi connectivity index (χ2v) is 21.4. The summed E-state index contributed by atoms with van der Waals surface area (Å²) in [6.45, 7) is 17.1. The van der Waals surface area contributed by atoms with Crippen molar-refractivity contribution in [2.24, 2.45) is 0 Å². The van der Waals surface area contributed by atoms with Gasteiger partial charge < -0.3 is 4.74 Å². The first-order valence-corrected chi connectivity index (χ1v) is 24.1. The second kappa shape index (κ2) is 17.7. The number of hydrogen-bond donors (Lipinski definition) is 0. The molecule has 11 aromatic rings. The number of ether oxygens (including phenoxy) is 1. The molecular weight excluding hydrogens is 877 g/mol. The number of hydrogen-bond acceptors (Lipinski definition) is 2. The number of aromatic nitrogens is 4. The maximum absolute atomic E-state index is 9.00. The average molecular weight is 952 g/mol. The maximum atomic E-state index is 9.00. The summed E-state index contributed by atoms with van der Waals surface area (Å²) in [6, 6.07) is 36.0. The lowest BCUT2D eigenvalue weighted by atomic mass is 9.78. The van der Waals surface area contributed by atoms with Crippen LogP contribution < -0.4 is 9.30 Å². The van der Waals surface area contributed by atoms with Crippen molar-refractivity contribution in [3.63, 3.8) is 0 Å². The van der Waals surface area contributed by atoms with Crippen LogP contribution in [0.15, 0.2) is 194 Å². The first-order chi connectivity index (χ1) is 39.8. The number of nitrogens with zero attached hydrogens (tertiary/aromatic N) is 4. The fourth-order valence-corrected chi connectivity index (χ4v) is 9.52. The van der Waals surface area contributed by atoms with Gasteiger partial charge >= 0.3 is 0 Å². The Bertz CT molecular complexity index is 4480. The Morgan fingerprint density at radius 2 is 1.22 bits per heavy atom. The summed E-state index contributed by atoms with van der Waals surface area (Å²) in [4.78, 5) is 4.74. The third kappa shape index (κ3) is 8.57. The number of para-hydroxylation sites is 2. The first kappa shape index (κ1) is 33.5. The van der Waals surface area contributed by atoms with Crippen molar-refractivity contribution in [1.82, 2.24) is 14.1 Å². The lowest BCUT2D eigenvalue weighted by Gasteiger charge is -2.29. The minimum Gasteiger partial charge on any atom is -0.458 e. The zero-order chi connectivity index (χ0) is 61.3. The van der Waals surface area contributed by atoms with Gasteiger partial charge in [-0.25, -0.2) is 4.98 Å². The SMILES string of the molecule is [2H]c1c([2H])c([2H])c(-c2ccc3c(c2)n(-c2cccc(Oc4ccc5c6ccccc6n(-c6cc(C([2H])([2H])[2H])c(-c7c([2H])c([2H])c([2H])c([2H])c7[2H])cn6)c5c4)c2)[c-][n+]3-c2c(-c3cc(C(C)(C)C)cc(C(C)(C)C)c3)cccc2C(C)(C)C)c([2H])c1[2H]. The minimum absolute atomic E-state index is 0.0661. The summed E-state index contributed by atoms with van der Waals surface area (Å²) in [5.74, 6) is 1.08. The van der Waals surface area contributed by atoms with Gasteiger partial charge in [0.2, 0.25) is 0 Å². The normalized spacial score (nSPS) is 15.0. The summed E-state index contributed by atoms with van der Waals surface area (Å²) in [5, 5.41) is 1.66. The first-order valence-electron chi connectivity index (χ1n) is 30.6. The van der Waals surface area contributed by atoms with E-state index in [1.54, 1.807) is 6.07 Å². The van der Waals surface area contributed by atoms with E-state index in [1.165, 1.54) is 23.4 Å². The monoisotopic (exact) mass is 952 g/mol. The molecule has 356 valence electrons. The molecule has 0 saturated heterocycles. The topological polar surface area (TPSA) is 35.9 Å². The van der Waals surface area contributed by atoms with Gasteiger partial charge in [-0.15, -0.1) is 0 Å². The van der Waals surface area contributed by atoms with Crippen LogP contribution in [-0.4, -0.2) is 14.1 Å². The highest BCUT2D eigenvalue weighted by Gasteiger charge is 2.28.